The topological polar surface area (TPSA) is 91.8 Å². The summed E-state index contributed by atoms with van der Waals surface area (Å²) in [6, 6.07) is 3.44. The maximum atomic E-state index is 11.1. The fourth-order valence-corrected chi connectivity index (χ4v) is 2.63. The molecule has 2 rings (SSSR count). The van der Waals surface area contributed by atoms with Crippen LogP contribution in [-0.4, -0.2) is 15.9 Å². The van der Waals surface area contributed by atoms with Crippen LogP contribution in [0.3, 0.4) is 0 Å². The van der Waals surface area contributed by atoms with Crippen molar-refractivity contribution < 1.29 is 4.92 Å². The van der Waals surface area contributed by atoms with Gasteiger partial charge in [0.1, 0.15) is 11.6 Å². The van der Waals surface area contributed by atoms with Crippen LogP contribution in [0.25, 0.3) is 0 Å². The van der Waals surface area contributed by atoms with Crippen molar-refractivity contribution >= 4 is 11.5 Å². The molecule has 1 aliphatic rings. The Morgan fingerprint density at radius 2 is 1.95 bits per heavy atom. The highest BCUT2D eigenvalue weighted by Gasteiger charge is 2.23. The molecule has 0 atom stereocenters. The zero-order valence-electron chi connectivity index (χ0n) is 11.3. The molecule has 1 aromatic rings. The molecule has 0 bridgehead atoms. The minimum Gasteiger partial charge on any atom is -0.362 e. The summed E-state index contributed by atoms with van der Waals surface area (Å²) < 4.78 is 0. The van der Waals surface area contributed by atoms with E-state index >= 15 is 0 Å². The molecule has 0 aliphatic heterocycles. The predicted octanol–water partition coefficient (Wildman–Crippen LogP) is 3.39. The van der Waals surface area contributed by atoms with Crippen molar-refractivity contribution in [3.05, 3.63) is 27.9 Å². The number of hydrogen-bond acceptors (Lipinski definition) is 5. The van der Waals surface area contributed by atoms with E-state index in [0.29, 0.717) is 0 Å². The van der Waals surface area contributed by atoms with Gasteiger partial charge >= 0.3 is 5.69 Å². The van der Waals surface area contributed by atoms with E-state index in [2.05, 4.69) is 10.3 Å². The Balaban J connectivity index is 2.19. The van der Waals surface area contributed by atoms with Gasteiger partial charge in [0.2, 0.25) is 5.82 Å². The molecule has 1 N–H and O–H groups in total. The maximum absolute atomic E-state index is 11.1. The second-order valence-electron chi connectivity index (χ2n) is 5.11. The Kier molecular flexibility index (Phi) is 4.88. The molecule has 106 valence electrons. The number of nitro groups is 1. The molecule has 20 heavy (non-hydrogen) atoms. The first-order valence-electron chi connectivity index (χ1n) is 7.02. The van der Waals surface area contributed by atoms with Crippen LogP contribution >= 0.6 is 0 Å². The van der Waals surface area contributed by atoms with Gasteiger partial charge in [-0.2, -0.15) is 5.26 Å². The molecule has 0 spiro atoms. The third-order valence-electron chi connectivity index (χ3n) is 3.67. The first kappa shape index (κ1) is 14.3. The largest absolute Gasteiger partial charge is 0.362 e. The van der Waals surface area contributed by atoms with E-state index in [4.69, 9.17) is 5.26 Å². The first-order valence-corrected chi connectivity index (χ1v) is 7.02. The highest BCUT2D eigenvalue weighted by molar-refractivity contribution is 5.64. The molecule has 0 amide bonds. The number of rotatable bonds is 3. The lowest BCUT2D eigenvalue weighted by Crippen LogP contribution is -2.22. The quantitative estimate of drug-likeness (QED) is 0.673. The zero-order valence-corrected chi connectivity index (χ0v) is 11.3. The molecule has 1 fully saturated rings. The molecule has 1 aliphatic carbocycles. The van der Waals surface area contributed by atoms with Gasteiger partial charge in [0.05, 0.1) is 4.92 Å². The number of nitrogens with one attached hydrogen (secondary N) is 1. The average Bonchev–Trinajstić information content (AvgIpc) is 2.41. The summed E-state index contributed by atoms with van der Waals surface area (Å²) in [5, 5.41) is 23.3. The summed E-state index contributed by atoms with van der Waals surface area (Å²) in [5.41, 5.74) is -0.157. The van der Waals surface area contributed by atoms with Crippen LogP contribution in [0.1, 0.15) is 50.5 Å². The molecule has 6 nitrogen and oxygen atoms in total. The molecule has 6 heteroatoms. The van der Waals surface area contributed by atoms with Gasteiger partial charge in [0.15, 0.2) is 0 Å². The van der Waals surface area contributed by atoms with Crippen LogP contribution in [0, 0.1) is 21.4 Å². The van der Waals surface area contributed by atoms with E-state index in [1.54, 1.807) is 0 Å². The fraction of sp³-hybridized carbons (Fsp3) is 0.571. The van der Waals surface area contributed by atoms with Crippen molar-refractivity contribution in [2.75, 3.05) is 5.32 Å². The summed E-state index contributed by atoms with van der Waals surface area (Å²) in [5.74, 6) is 0.222. The van der Waals surface area contributed by atoms with E-state index < -0.39 is 4.92 Å². The molecule has 0 aromatic carbocycles. The smallest absolute Gasteiger partial charge is 0.328 e. The fourth-order valence-electron chi connectivity index (χ4n) is 2.63. The molecule has 1 aromatic heterocycles. The van der Waals surface area contributed by atoms with E-state index in [1.165, 1.54) is 31.5 Å². The maximum Gasteiger partial charge on any atom is 0.328 e. The second kappa shape index (κ2) is 6.85. The highest BCUT2D eigenvalue weighted by Crippen LogP contribution is 2.28. The standard InChI is InChI=1S/C14H18N4O2/c15-10-11-8-9-16-14(13(11)18(19)20)17-12-6-4-2-1-3-5-7-12/h8-9,12H,1-7H2,(H,16,17). The molecule has 0 saturated heterocycles. The van der Waals surface area contributed by atoms with Crippen molar-refractivity contribution in [2.24, 2.45) is 0 Å². The summed E-state index contributed by atoms with van der Waals surface area (Å²) in [6.45, 7) is 0. The second-order valence-corrected chi connectivity index (χ2v) is 5.11. The summed E-state index contributed by atoms with van der Waals surface area (Å²) >= 11 is 0. The summed E-state index contributed by atoms with van der Waals surface area (Å²) in [4.78, 5) is 14.7. The zero-order chi connectivity index (χ0) is 14.4. The average molecular weight is 274 g/mol. The normalized spacial score (nSPS) is 16.8. The van der Waals surface area contributed by atoms with Crippen molar-refractivity contribution in [3.8, 4) is 6.07 Å². The molecule has 0 radical (unpaired) electrons. The minimum absolute atomic E-state index is 0.0540. The van der Waals surface area contributed by atoms with Crippen molar-refractivity contribution in [1.29, 1.82) is 5.26 Å². The van der Waals surface area contributed by atoms with Gasteiger partial charge in [-0.05, 0) is 18.9 Å². The van der Waals surface area contributed by atoms with Gasteiger partial charge < -0.3 is 5.32 Å². The third kappa shape index (κ3) is 3.44. The minimum atomic E-state index is -0.531. The molecular formula is C14H18N4O2. The van der Waals surface area contributed by atoms with Gasteiger partial charge in [-0.3, -0.25) is 10.1 Å². The number of nitrogens with zero attached hydrogens (tertiary/aromatic N) is 3. The van der Waals surface area contributed by atoms with Crippen LogP contribution in [0.4, 0.5) is 11.5 Å². The van der Waals surface area contributed by atoms with Gasteiger partial charge in [-0.25, -0.2) is 4.98 Å². The SMILES string of the molecule is N#Cc1ccnc(NC2CCCCCCC2)c1[N+](=O)[O-]. The Morgan fingerprint density at radius 1 is 1.30 bits per heavy atom. The van der Waals surface area contributed by atoms with Gasteiger partial charge in [-0.1, -0.05) is 32.1 Å². The number of pyridine rings is 1. The van der Waals surface area contributed by atoms with Gasteiger partial charge in [-0.15, -0.1) is 0 Å². The predicted molar refractivity (Wildman–Crippen MR) is 75.3 cm³/mol. The molecule has 0 unspecified atom stereocenters. The number of hydrogen-bond donors (Lipinski definition) is 1. The van der Waals surface area contributed by atoms with Crippen LogP contribution in [-0.2, 0) is 0 Å². The monoisotopic (exact) mass is 274 g/mol. The van der Waals surface area contributed by atoms with Crippen molar-refractivity contribution in [2.45, 2.75) is 51.0 Å². The van der Waals surface area contributed by atoms with Crippen molar-refractivity contribution in [3.63, 3.8) is 0 Å². The Labute approximate surface area is 118 Å². The van der Waals surface area contributed by atoms with E-state index in [1.807, 2.05) is 6.07 Å². The molecular weight excluding hydrogens is 256 g/mol. The number of aromatic nitrogens is 1. The van der Waals surface area contributed by atoms with Gasteiger partial charge in [0, 0.05) is 12.2 Å². The Morgan fingerprint density at radius 3 is 2.55 bits per heavy atom. The summed E-state index contributed by atoms with van der Waals surface area (Å²) in [7, 11) is 0. The first-order chi connectivity index (χ1) is 9.72. The Hall–Kier alpha value is -2.16. The lowest BCUT2D eigenvalue weighted by Gasteiger charge is -2.21. The van der Waals surface area contributed by atoms with E-state index in [-0.39, 0.29) is 23.1 Å². The Bertz CT molecular complexity index is 516. The summed E-state index contributed by atoms with van der Waals surface area (Å²) in [6.07, 6.45) is 9.39. The van der Waals surface area contributed by atoms with Crippen LogP contribution in [0.2, 0.25) is 0 Å². The molecule has 1 heterocycles. The van der Waals surface area contributed by atoms with E-state index in [0.717, 1.165) is 25.7 Å². The lowest BCUT2D eigenvalue weighted by atomic mass is 9.96. The number of nitriles is 1. The highest BCUT2D eigenvalue weighted by atomic mass is 16.6. The lowest BCUT2D eigenvalue weighted by molar-refractivity contribution is -0.384. The van der Waals surface area contributed by atoms with E-state index in [9.17, 15) is 10.1 Å². The molecule has 1 saturated carbocycles. The van der Waals surface area contributed by atoms with Crippen molar-refractivity contribution in [1.82, 2.24) is 4.98 Å². The van der Waals surface area contributed by atoms with Crippen LogP contribution in [0.5, 0.6) is 0 Å². The van der Waals surface area contributed by atoms with Crippen LogP contribution in [0.15, 0.2) is 12.3 Å². The number of anilines is 1. The van der Waals surface area contributed by atoms with Gasteiger partial charge in [0.25, 0.3) is 0 Å². The van der Waals surface area contributed by atoms with Crippen LogP contribution < -0.4 is 5.32 Å². The third-order valence-corrected chi connectivity index (χ3v) is 3.67.